The fourth-order valence-electron chi connectivity index (χ4n) is 5.09. The van der Waals surface area contributed by atoms with Gasteiger partial charge in [-0.2, -0.15) is 13.5 Å². The molecule has 9 nitrogen and oxygen atoms in total. The summed E-state index contributed by atoms with van der Waals surface area (Å²) in [7, 11) is 0. The molecule has 4 N–H and O–H groups in total. The van der Waals surface area contributed by atoms with Gasteiger partial charge in [0, 0.05) is 48.9 Å². The molecule has 2 aromatic rings. The first-order valence-electron chi connectivity index (χ1n) is 12.7. The van der Waals surface area contributed by atoms with Crippen LogP contribution in [0.2, 0.25) is 5.02 Å². The standard InChI is InChI=1S/C26H35ClN6O3.H2S/c1-3-12-36-26(35)32-10-11-33(16(2)15-32)24(34)18-5-7-20-22(14-18)31-21-13-17(8-9-30-25(28)29)4-6-19(21)23(20)27;/h5,7,14,16-17H,3-4,6,8-13,15H2,1-2H3,(H4,28,29,30);1H2/t16-,17?;/m0./s1. The molecule has 1 saturated heterocycles. The normalized spacial score (nSPS) is 19.1. The average molecular weight is 549 g/mol. The van der Waals surface area contributed by atoms with Gasteiger partial charge in [0.2, 0.25) is 0 Å². The molecule has 1 fully saturated rings. The van der Waals surface area contributed by atoms with Crippen LogP contribution in [0.15, 0.2) is 23.2 Å². The molecule has 2 atom stereocenters. The van der Waals surface area contributed by atoms with E-state index >= 15 is 0 Å². The third kappa shape index (κ3) is 6.59. The lowest BCUT2D eigenvalue weighted by atomic mass is 9.84. The number of rotatable bonds is 6. The zero-order valence-electron chi connectivity index (χ0n) is 21.5. The van der Waals surface area contributed by atoms with Crippen LogP contribution in [0.4, 0.5) is 4.79 Å². The fraction of sp³-hybridized carbons (Fsp3) is 0.538. The lowest BCUT2D eigenvalue weighted by molar-refractivity contribution is 0.0414. The average Bonchev–Trinajstić information content (AvgIpc) is 2.86. The Kier molecular flexibility index (Phi) is 9.89. The van der Waals surface area contributed by atoms with Crippen molar-refractivity contribution in [3.8, 4) is 0 Å². The Morgan fingerprint density at radius 2 is 2.05 bits per heavy atom. The molecule has 11 heteroatoms. The largest absolute Gasteiger partial charge is 0.449 e. The highest BCUT2D eigenvalue weighted by Gasteiger charge is 2.31. The SMILES string of the molecule is CCCOC(=O)N1CCN(C(=O)c2ccc3c(Cl)c4c(nc3c2)CC(CCN=C(N)N)CC4)[C@@H](C)C1.S. The van der Waals surface area contributed by atoms with Gasteiger partial charge in [0.25, 0.3) is 5.91 Å². The van der Waals surface area contributed by atoms with E-state index in [1.165, 1.54) is 0 Å². The minimum absolute atomic E-state index is 0. The van der Waals surface area contributed by atoms with E-state index in [9.17, 15) is 9.59 Å². The van der Waals surface area contributed by atoms with E-state index in [2.05, 4.69) is 4.99 Å². The highest BCUT2D eigenvalue weighted by molar-refractivity contribution is 7.59. The fourth-order valence-corrected chi connectivity index (χ4v) is 5.45. The van der Waals surface area contributed by atoms with Crippen LogP contribution in [-0.4, -0.2) is 71.6 Å². The van der Waals surface area contributed by atoms with Gasteiger partial charge in [0.15, 0.2) is 5.96 Å². The van der Waals surface area contributed by atoms with Crippen molar-refractivity contribution in [1.82, 2.24) is 14.8 Å². The number of nitrogens with zero attached hydrogens (tertiary/aromatic N) is 4. The number of hydrogen-bond acceptors (Lipinski definition) is 5. The highest BCUT2D eigenvalue weighted by atomic mass is 35.5. The van der Waals surface area contributed by atoms with Crippen LogP contribution in [0.25, 0.3) is 10.9 Å². The molecule has 2 amide bonds. The molecule has 1 aliphatic heterocycles. The van der Waals surface area contributed by atoms with Gasteiger partial charge in [-0.25, -0.2) is 4.79 Å². The maximum Gasteiger partial charge on any atom is 0.409 e. The Bertz CT molecular complexity index is 1170. The molecule has 202 valence electrons. The topological polar surface area (TPSA) is 127 Å². The van der Waals surface area contributed by atoms with E-state index in [0.29, 0.717) is 44.3 Å². The van der Waals surface area contributed by atoms with Crippen molar-refractivity contribution in [1.29, 1.82) is 0 Å². The van der Waals surface area contributed by atoms with Crippen molar-refractivity contribution in [3.63, 3.8) is 0 Å². The zero-order chi connectivity index (χ0) is 25.8. The van der Waals surface area contributed by atoms with E-state index in [4.69, 9.17) is 32.8 Å². The number of nitrogens with two attached hydrogens (primary N) is 2. The Labute approximate surface area is 230 Å². The second-order valence-electron chi connectivity index (χ2n) is 9.70. The smallest absolute Gasteiger partial charge is 0.409 e. The van der Waals surface area contributed by atoms with Gasteiger partial charge in [-0.1, -0.05) is 24.6 Å². The molecule has 0 bridgehead atoms. The lowest BCUT2D eigenvalue weighted by Crippen LogP contribution is -2.55. The molecule has 1 aromatic heterocycles. The van der Waals surface area contributed by atoms with Crippen molar-refractivity contribution in [2.24, 2.45) is 22.4 Å². The molecule has 2 heterocycles. The number of hydrogen-bond donors (Lipinski definition) is 2. The van der Waals surface area contributed by atoms with E-state index in [1.807, 2.05) is 36.9 Å². The van der Waals surface area contributed by atoms with Crippen LogP contribution >= 0.6 is 25.1 Å². The van der Waals surface area contributed by atoms with Crippen LogP contribution in [0.3, 0.4) is 0 Å². The summed E-state index contributed by atoms with van der Waals surface area (Å²) in [6, 6.07) is 5.43. The number of benzene rings is 1. The summed E-state index contributed by atoms with van der Waals surface area (Å²) in [6.45, 7) is 6.26. The van der Waals surface area contributed by atoms with Crippen LogP contribution in [0.1, 0.15) is 54.7 Å². The van der Waals surface area contributed by atoms with Crippen LogP contribution in [0, 0.1) is 5.92 Å². The minimum atomic E-state index is -0.318. The number of piperazine rings is 1. The first kappa shape index (κ1) is 28.8. The van der Waals surface area contributed by atoms with E-state index < -0.39 is 0 Å². The number of fused-ring (bicyclic) bond motifs is 2. The second kappa shape index (κ2) is 12.7. The summed E-state index contributed by atoms with van der Waals surface area (Å²) < 4.78 is 5.25. The van der Waals surface area contributed by atoms with Crippen LogP contribution in [0.5, 0.6) is 0 Å². The van der Waals surface area contributed by atoms with Crippen molar-refractivity contribution >= 4 is 54.0 Å². The maximum atomic E-state index is 13.4. The molecule has 0 saturated carbocycles. The van der Waals surface area contributed by atoms with Gasteiger partial charge in [-0.05, 0) is 62.6 Å². The monoisotopic (exact) mass is 548 g/mol. The highest BCUT2D eigenvalue weighted by Crippen LogP contribution is 2.36. The Morgan fingerprint density at radius 1 is 1.27 bits per heavy atom. The van der Waals surface area contributed by atoms with Gasteiger partial charge in [-0.3, -0.25) is 14.8 Å². The van der Waals surface area contributed by atoms with Gasteiger partial charge in [-0.15, -0.1) is 0 Å². The number of carbonyl (C=O) groups excluding carboxylic acids is 2. The number of halogens is 1. The molecule has 4 rings (SSSR count). The predicted molar refractivity (Wildman–Crippen MR) is 152 cm³/mol. The van der Waals surface area contributed by atoms with Crippen molar-refractivity contribution in [3.05, 3.63) is 40.0 Å². The van der Waals surface area contributed by atoms with Gasteiger partial charge < -0.3 is 26.0 Å². The molecule has 1 unspecified atom stereocenters. The maximum absolute atomic E-state index is 13.4. The summed E-state index contributed by atoms with van der Waals surface area (Å²) >= 11 is 6.80. The second-order valence-corrected chi connectivity index (χ2v) is 10.1. The molecule has 37 heavy (non-hydrogen) atoms. The summed E-state index contributed by atoms with van der Waals surface area (Å²) in [5.74, 6) is 0.479. The first-order chi connectivity index (χ1) is 17.3. The zero-order valence-corrected chi connectivity index (χ0v) is 23.3. The van der Waals surface area contributed by atoms with Crippen LogP contribution in [-0.2, 0) is 17.6 Å². The molecule has 1 aliphatic carbocycles. The van der Waals surface area contributed by atoms with Gasteiger partial charge in [0.1, 0.15) is 0 Å². The van der Waals surface area contributed by atoms with Crippen LogP contribution < -0.4 is 11.5 Å². The van der Waals surface area contributed by atoms with Crippen molar-refractivity contribution in [2.45, 2.75) is 52.0 Å². The quantitative estimate of drug-likeness (QED) is 0.420. The minimum Gasteiger partial charge on any atom is -0.449 e. The number of guanidine groups is 1. The molecular formula is C26H37ClN6O3S. The first-order valence-corrected chi connectivity index (χ1v) is 13.0. The third-order valence-corrected chi connectivity index (χ3v) is 7.47. The summed E-state index contributed by atoms with van der Waals surface area (Å²) in [4.78, 5) is 38.1. The van der Waals surface area contributed by atoms with Crippen molar-refractivity contribution < 1.29 is 14.3 Å². The number of carbonyl (C=O) groups is 2. The number of ether oxygens (including phenoxy) is 1. The predicted octanol–water partition coefficient (Wildman–Crippen LogP) is 3.46. The van der Waals surface area contributed by atoms with E-state index in [0.717, 1.165) is 59.3 Å². The Morgan fingerprint density at radius 3 is 2.76 bits per heavy atom. The number of amides is 2. The van der Waals surface area contributed by atoms with Crippen molar-refractivity contribution in [2.75, 3.05) is 32.8 Å². The number of pyridine rings is 1. The molecule has 0 radical (unpaired) electrons. The molecular weight excluding hydrogens is 512 g/mol. The number of aromatic nitrogens is 1. The molecule has 2 aliphatic rings. The van der Waals surface area contributed by atoms with E-state index in [-0.39, 0.29) is 37.5 Å². The van der Waals surface area contributed by atoms with Gasteiger partial charge >= 0.3 is 6.09 Å². The van der Waals surface area contributed by atoms with Gasteiger partial charge in [0.05, 0.1) is 17.1 Å². The Balaban J connectivity index is 0.00000380. The summed E-state index contributed by atoms with van der Waals surface area (Å²) in [6.07, 6.45) is 4.06. The van der Waals surface area contributed by atoms with E-state index in [1.54, 1.807) is 4.90 Å². The number of aliphatic imine (C=N–C) groups is 1. The summed E-state index contributed by atoms with van der Waals surface area (Å²) in [5.41, 5.74) is 14.3. The Hall–Kier alpha value is -2.72. The summed E-state index contributed by atoms with van der Waals surface area (Å²) in [5, 5.41) is 1.59. The third-order valence-electron chi connectivity index (χ3n) is 7.04. The molecule has 0 spiro atoms. The lowest BCUT2D eigenvalue weighted by Gasteiger charge is -2.39. The molecule has 1 aromatic carbocycles.